The van der Waals surface area contributed by atoms with Gasteiger partial charge in [0.15, 0.2) is 4.77 Å². The molecule has 1 aromatic rings. The third-order valence-electron chi connectivity index (χ3n) is 4.45. The molecule has 6 heteroatoms. The summed E-state index contributed by atoms with van der Waals surface area (Å²) in [6, 6.07) is 0. The van der Waals surface area contributed by atoms with Gasteiger partial charge in [0.1, 0.15) is 0 Å². The van der Waals surface area contributed by atoms with Crippen molar-refractivity contribution < 1.29 is 9.53 Å². The summed E-state index contributed by atoms with van der Waals surface area (Å²) in [5.41, 5.74) is 0.613. The van der Waals surface area contributed by atoms with E-state index in [0.29, 0.717) is 16.9 Å². The molecule has 0 aliphatic heterocycles. The van der Waals surface area contributed by atoms with E-state index in [1.165, 1.54) is 38.5 Å². The number of carbonyl (C=O) groups excluding carboxylic acids is 1. The number of nitrogens with zero attached hydrogens (tertiary/aromatic N) is 1. The smallest absolute Gasteiger partial charge is 0.308 e. The molecular formula is C20H34N2O3S. The minimum absolute atomic E-state index is 0.0284. The largest absolute Gasteiger partial charge is 0.465 e. The lowest BCUT2D eigenvalue weighted by molar-refractivity contribution is -0.147. The number of nitrogens with one attached hydrogen (secondary N) is 1. The number of ether oxygens (including phenoxy) is 1. The summed E-state index contributed by atoms with van der Waals surface area (Å²) in [6.07, 6.45) is 12.5. The fraction of sp³-hybridized carbons (Fsp3) is 0.750. The van der Waals surface area contributed by atoms with Crippen LogP contribution in [-0.4, -0.2) is 22.1 Å². The van der Waals surface area contributed by atoms with E-state index < -0.39 is 0 Å². The highest BCUT2D eigenvalue weighted by Crippen LogP contribution is 2.11. The fourth-order valence-corrected chi connectivity index (χ4v) is 2.98. The Labute approximate surface area is 162 Å². The van der Waals surface area contributed by atoms with Crippen LogP contribution in [0.25, 0.3) is 0 Å². The van der Waals surface area contributed by atoms with Gasteiger partial charge in [-0.05, 0) is 32.0 Å². The van der Waals surface area contributed by atoms with Gasteiger partial charge in [0.25, 0.3) is 5.56 Å². The van der Waals surface area contributed by atoms with Gasteiger partial charge in [0.05, 0.1) is 12.5 Å². The molecule has 0 bridgehead atoms. The minimum atomic E-state index is -0.0941. The number of H-pyrrole nitrogens is 1. The Morgan fingerprint density at radius 2 is 1.62 bits per heavy atom. The van der Waals surface area contributed by atoms with E-state index in [-0.39, 0.29) is 17.4 Å². The molecule has 0 amide bonds. The van der Waals surface area contributed by atoms with Crippen LogP contribution in [0.15, 0.2) is 11.0 Å². The number of hydrogen-bond acceptors (Lipinski definition) is 4. The van der Waals surface area contributed by atoms with Crippen LogP contribution in [0.1, 0.15) is 77.2 Å². The fourth-order valence-electron chi connectivity index (χ4n) is 2.75. The first-order valence-electron chi connectivity index (χ1n) is 9.89. The highest BCUT2D eigenvalue weighted by atomic mass is 32.1. The molecule has 1 rings (SSSR count). The van der Waals surface area contributed by atoms with Crippen molar-refractivity contribution in [3.8, 4) is 0 Å². The van der Waals surface area contributed by atoms with Crippen LogP contribution < -0.4 is 5.56 Å². The van der Waals surface area contributed by atoms with Gasteiger partial charge >= 0.3 is 5.97 Å². The second-order valence-electron chi connectivity index (χ2n) is 7.27. The Morgan fingerprint density at radius 3 is 2.19 bits per heavy atom. The second kappa shape index (κ2) is 12.8. The predicted molar refractivity (Wildman–Crippen MR) is 108 cm³/mol. The molecule has 5 nitrogen and oxygen atoms in total. The first-order valence-corrected chi connectivity index (χ1v) is 10.3. The van der Waals surface area contributed by atoms with Crippen LogP contribution in [0.2, 0.25) is 0 Å². The molecule has 1 heterocycles. The molecule has 1 aromatic heterocycles. The summed E-state index contributed by atoms with van der Waals surface area (Å²) < 4.78 is 7.64. The van der Waals surface area contributed by atoms with Crippen LogP contribution in [0.4, 0.5) is 0 Å². The monoisotopic (exact) mass is 382 g/mol. The summed E-state index contributed by atoms with van der Waals surface area (Å²) in [5.74, 6) is -0.123. The molecule has 0 saturated heterocycles. The number of aryl methyl sites for hydroxylation is 2. The quantitative estimate of drug-likeness (QED) is 0.299. The van der Waals surface area contributed by atoms with Gasteiger partial charge in [-0.25, -0.2) is 0 Å². The maximum atomic E-state index is 11.5. The van der Waals surface area contributed by atoms with E-state index in [2.05, 4.69) is 4.98 Å². The van der Waals surface area contributed by atoms with Crippen molar-refractivity contribution in [3.05, 3.63) is 26.9 Å². The molecule has 0 aliphatic rings. The molecule has 0 unspecified atom stereocenters. The highest BCUT2D eigenvalue weighted by molar-refractivity contribution is 7.71. The summed E-state index contributed by atoms with van der Waals surface area (Å²) in [4.78, 5) is 25.5. The van der Waals surface area contributed by atoms with Crippen molar-refractivity contribution in [3.63, 3.8) is 0 Å². The van der Waals surface area contributed by atoms with E-state index in [9.17, 15) is 9.59 Å². The van der Waals surface area contributed by atoms with Gasteiger partial charge in [0.2, 0.25) is 0 Å². The zero-order valence-electron chi connectivity index (χ0n) is 16.5. The topological polar surface area (TPSA) is 64.1 Å². The normalized spacial score (nSPS) is 11.1. The van der Waals surface area contributed by atoms with Crippen LogP contribution in [0.5, 0.6) is 0 Å². The summed E-state index contributed by atoms with van der Waals surface area (Å²) in [5, 5.41) is 0. The number of hydrogen-bond donors (Lipinski definition) is 1. The van der Waals surface area contributed by atoms with Crippen LogP contribution in [-0.2, 0) is 16.1 Å². The Kier molecular flexibility index (Phi) is 11.2. The number of aromatic amines is 1. The highest BCUT2D eigenvalue weighted by Gasteiger charge is 2.06. The third-order valence-corrected chi connectivity index (χ3v) is 4.78. The Balaban J connectivity index is 1.95. The summed E-state index contributed by atoms with van der Waals surface area (Å²) in [6.45, 7) is 6.95. The van der Waals surface area contributed by atoms with Gasteiger partial charge < -0.3 is 9.30 Å². The average Bonchev–Trinajstić information content (AvgIpc) is 2.59. The predicted octanol–water partition coefficient (Wildman–Crippen LogP) is 4.92. The summed E-state index contributed by atoms with van der Waals surface area (Å²) >= 11 is 5.18. The number of rotatable bonds is 13. The van der Waals surface area contributed by atoms with E-state index in [1.807, 2.05) is 24.6 Å². The van der Waals surface area contributed by atoms with Gasteiger partial charge in [-0.15, -0.1) is 0 Å². The van der Waals surface area contributed by atoms with Gasteiger partial charge in [-0.3, -0.25) is 14.6 Å². The van der Waals surface area contributed by atoms with E-state index >= 15 is 0 Å². The second-order valence-corrected chi connectivity index (χ2v) is 7.66. The maximum Gasteiger partial charge on any atom is 0.308 e. The Bertz CT molecular complexity index is 649. The van der Waals surface area contributed by atoms with Gasteiger partial charge in [0, 0.05) is 18.3 Å². The molecule has 0 aromatic carbocycles. The molecule has 0 radical (unpaired) electrons. The Hall–Kier alpha value is -1.43. The Morgan fingerprint density at radius 1 is 1.08 bits per heavy atom. The number of carbonyl (C=O) groups is 1. The van der Waals surface area contributed by atoms with E-state index in [0.717, 1.165) is 25.8 Å². The third kappa shape index (κ3) is 9.32. The molecule has 0 aliphatic carbocycles. The van der Waals surface area contributed by atoms with E-state index in [1.54, 1.807) is 6.92 Å². The van der Waals surface area contributed by atoms with Crippen molar-refractivity contribution in [2.24, 2.45) is 5.92 Å². The minimum Gasteiger partial charge on any atom is -0.465 e. The molecule has 0 saturated carbocycles. The SMILES string of the molecule is Cc1cn(CCCCCCCCCCCOC(=O)C(C)C)c(=S)[nH]c1=O. The van der Waals surface area contributed by atoms with Crippen LogP contribution in [0.3, 0.4) is 0 Å². The van der Waals surface area contributed by atoms with Gasteiger partial charge in [-0.2, -0.15) is 0 Å². The lowest BCUT2D eigenvalue weighted by atomic mass is 10.1. The molecule has 26 heavy (non-hydrogen) atoms. The lowest BCUT2D eigenvalue weighted by Gasteiger charge is -2.08. The molecule has 0 fully saturated rings. The van der Waals surface area contributed by atoms with Crippen LogP contribution >= 0.6 is 12.2 Å². The molecule has 0 atom stereocenters. The first-order chi connectivity index (χ1) is 12.4. The lowest BCUT2D eigenvalue weighted by Crippen LogP contribution is -2.15. The molecule has 0 spiro atoms. The number of esters is 1. The van der Waals surface area contributed by atoms with Crippen molar-refractivity contribution >= 4 is 18.2 Å². The number of unbranched alkanes of at least 4 members (excludes halogenated alkanes) is 8. The zero-order valence-corrected chi connectivity index (χ0v) is 17.3. The zero-order chi connectivity index (χ0) is 19.4. The molecular weight excluding hydrogens is 348 g/mol. The van der Waals surface area contributed by atoms with Crippen molar-refractivity contribution in [2.75, 3.05) is 6.61 Å². The average molecular weight is 383 g/mol. The standard InChI is InChI=1S/C20H34N2O3S/c1-16(2)19(24)25-14-12-10-8-6-4-5-7-9-11-13-22-15-17(3)18(23)21-20(22)26/h15-16H,4-14H2,1-3H3,(H,21,23,26). The van der Waals surface area contributed by atoms with Crippen molar-refractivity contribution in [1.82, 2.24) is 9.55 Å². The summed E-state index contributed by atoms with van der Waals surface area (Å²) in [7, 11) is 0. The van der Waals surface area contributed by atoms with Crippen molar-refractivity contribution in [2.45, 2.75) is 85.1 Å². The van der Waals surface area contributed by atoms with E-state index in [4.69, 9.17) is 17.0 Å². The van der Waals surface area contributed by atoms with Crippen molar-refractivity contribution in [1.29, 1.82) is 0 Å². The van der Waals surface area contributed by atoms with Crippen LogP contribution in [0, 0.1) is 17.6 Å². The molecule has 1 N–H and O–H groups in total. The first kappa shape index (κ1) is 22.6. The number of aromatic nitrogens is 2. The molecule has 148 valence electrons. The maximum absolute atomic E-state index is 11.5. The van der Waals surface area contributed by atoms with Gasteiger partial charge in [-0.1, -0.05) is 58.8 Å².